The monoisotopic (exact) mass is 275 g/mol. The number of carbonyl (C=O) groups is 1. The summed E-state index contributed by atoms with van der Waals surface area (Å²) in [6.45, 7) is 5.65. The van der Waals surface area contributed by atoms with Crippen LogP contribution in [0.1, 0.15) is 37.8 Å². The molecule has 0 aromatic heterocycles. The topological polar surface area (TPSA) is 40.5 Å². The Kier molecular flexibility index (Phi) is 5.18. The molecule has 2 rings (SSSR count). The summed E-state index contributed by atoms with van der Waals surface area (Å²) in [4.78, 5) is 13.8. The number of β-amino-alcohol motifs (C(OH)–C–C–N with tert-alkyl or cyclic N) is 1. The highest BCUT2D eigenvalue weighted by Gasteiger charge is 2.23. The van der Waals surface area contributed by atoms with Crippen LogP contribution in [0.4, 0.5) is 0 Å². The van der Waals surface area contributed by atoms with E-state index in [-0.39, 0.29) is 12.0 Å². The van der Waals surface area contributed by atoms with Crippen molar-refractivity contribution in [3.05, 3.63) is 35.4 Å². The molecule has 3 heteroatoms. The van der Waals surface area contributed by atoms with E-state index in [1.165, 1.54) is 11.1 Å². The minimum Gasteiger partial charge on any atom is -0.391 e. The van der Waals surface area contributed by atoms with Crippen molar-refractivity contribution >= 4 is 5.91 Å². The molecule has 1 amide bonds. The van der Waals surface area contributed by atoms with Gasteiger partial charge in [-0.05, 0) is 36.3 Å². The van der Waals surface area contributed by atoms with Crippen molar-refractivity contribution in [2.45, 2.75) is 45.6 Å². The van der Waals surface area contributed by atoms with Gasteiger partial charge in [-0.1, -0.05) is 38.1 Å². The number of carbonyl (C=O) groups excluding carboxylic acids is 1. The molecule has 0 bridgehead atoms. The molecular weight excluding hydrogens is 250 g/mol. The number of rotatable bonds is 5. The minimum absolute atomic E-state index is 0.160. The zero-order chi connectivity index (χ0) is 14.5. The van der Waals surface area contributed by atoms with Crippen LogP contribution in [0.25, 0.3) is 0 Å². The molecule has 0 saturated carbocycles. The molecule has 110 valence electrons. The Morgan fingerprint density at radius 2 is 1.95 bits per heavy atom. The van der Waals surface area contributed by atoms with Crippen LogP contribution >= 0.6 is 0 Å². The molecule has 1 aliphatic rings. The third-order valence-corrected chi connectivity index (χ3v) is 3.81. The predicted octanol–water partition coefficient (Wildman–Crippen LogP) is 2.41. The van der Waals surface area contributed by atoms with E-state index in [0.717, 1.165) is 19.3 Å². The number of hydrogen-bond acceptors (Lipinski definition) is 2. The first-order valence-electron chi connectivity index (χ1n) is 7.58. The van der Waals surface area contributed by atoms with E-state index in [4.69, 9.17) is 0 Å². The summed E-state index contributed by atoms with van der Waals surface area (Å²) in [5, 5.41) is 9.44. The van der Waals surface area contributed by atoms with Gasteiger partial charge in [0.25, 0.3) is 0 Å². The van der Waals surface area contributed by atoms with Gasteiger partial charge in [0.05, 0.1) is 6.10 Å². The average Bonchev–Trinajstić information content (AvgIpc) is 2.84. The molecule has 1 N–H and O–H groups in total. The maximum atomic E-state index is 12.0. The lowest BCUT2D eigenvalue weighted by molar-refractivity contribution is -0.130. The van der Waals surface area contributed by atoms with E-state index < -0.39 is 0 Å². The molecule has 3 nitrogen and oxygen atoms in total. The van der Waals surface area contributed by atoms with Crippen LogP contribution in [-0.4, -0.2) is 35.1 Å². The average molecular weight is 275 g/mol. The van der Waals surface area contributed by atoms with E-state index >= 15 is 0 Å². The first kappa shape index (κ1) is 15.0. The van der Waals surface area contributed by atoms with Crippen molar-refractivity contribution < 1.29 is 9.90 Å². The summed E-state index contributed by atoms with van der Waals surface area (Å²) in [5.74, 6) is 0.830. The van der Waals surface area contributed by atoms with Crippen molar-refractivity contribution in [2.24, 2.45) is 5.92 Å². The summed E-state index contributed by atoms with van der Waals surface area (Å²) in [6, 6.07) is 8.59. The Labute approximate surface area is 121 Å². The van der Waals surface area contributed by atoms with Crippen molar-refractivity contribution in [1.29, 1.82) is 0 Å². The summed E-state index contributed by atoms with van der Waals surface area (Å²) >= 11 is 0. The van der Waals surface area contributed by atoms with E-state index in [9.17, 15) is 9.90 Å². The van der Waals surface area contributed by atoms with Gasteiger partial charge in [0.2, 0.25) is 5.91 Å². The molecular formula is C17H25NO2. The molecule has 1 aromatic carbocycles. The van der Waals surface area contributed by atoms with Crippen molar-refractivity contribution in [1.82, 2.24) is 4.90 Å². The number of aryl methyl sites for hydroxylation is 1. The van der Waals surface area contributed by atoms with E-state index in [2.05, 4.69) is 38.1 Å². The van der Waals surface area contributed by atoms with E-state index in [1.807, 2.05) is 0 Å². The molecule has 1 heterocycles. The van der Waals surface area contributed by atoms with E-state index in [0.29, 0.717) is 25.4 Å². The predicted molar refractivity (Wildman–Crippen MR) is 80.5 cm³/mol. The fraction of sp³-hybridized carbons (Fsp3) is 0.588. The molecule has 1 atom stereocenters. The smallest absolute Gasteiger partial charge is 0.222 e. The molecule has 0 aliphatic carbocycles. The Morgan fingerprint density at radius 3 is 2.50 bits per heavy atom. The lowest BCUT2D eigenvalue weighted by Crippen LogP contribution is -2.29. The van der Waals surface area contributed by atoms with Crippen LogP contribution in [0.15, 0.2) is 24.3 Å². The number of nitrogens with zero attached hydrogens (tertiary/aromatic N) is 1. The van der Waals surface area contributed by atoms with E-state index in [1.54, 1.807) is 4.90 Å². The van der Waals surface area contributed by atoms with Gasteiger partial charge in [-0.3, -0.25) is 4.79 Å². The number of benzene rings is 1. The van der Waals surface area contributed by atoms with Gasteiger partial charge < -0.3 is 10.0 Å². The zero-order valence-corrected chi connectivity index (χ0v) is 12.5. The van der Waals surface area contributed by atoms with Crippen LogP contribution in [-0.2, 0) is 17.6 Å². The lowest BCUT2D eigenvalue weighted by atomic mass is 10.0. The summed E-state index contributed by atoms with van der Waals surface area (Å²) < 4.78 is 0. The fourth-order valence-electron chi connectivity index (χ4n) is 2.69. The Bertz CT molecular complexity index is 439. The SMILES string of the molecule is CC(C)Cc1ccc(CCC(=O)N2CC[C@@H](O)C2)cc1. The van der Waals surface area contributed by atoms with Crippen LogP contribution < -0.4 is 0 Å². The van der Waals surface area contributed by atoms with Crippen LogP contribution in [0, 0.1) is 5.92 Å². The quantitative estimate of drug-likeness (QED) is 0.896. The molecule has 1 aromatic rings. The number of likely N-dealkylation sites (tertiary alicyclic amines) is 1. The first-order chi connectivity index (χ1) is 9.54. The van der Waals surface area contributed by atoms with Gasteiger partial charge in [-0.25, -0.2) is 0 Å². The minimum atomic E-state index is -0.325. The Balaban J connectivity index is 1.80. The second-order valence-electron chi connectivity index (χ2n) is 6.20. The van der Waals surface area contributed by atoms with Gasteiger partial charge in [-0.15, -0.1) is 0 Å². The van der Waals surface area contributed by atoms with Crippen molar-refractivity contribution in [2.75, 3.05) is 13.1 Å². The standard InChI is InChI=1S/C17H25NO2/c1-13(2)11-15-5-3-14(4-6-15)7-8-17(20)18-10-9-16(19)12-18/h3-6,13,16,19H,7-12H2,1-2H3/t16-/m1/s1. The zero-order valence-electron chi connectivity index (χ0n) is 12.5. The van der Waals surface area contributed by atoms with Crippen LogP contribution in [0.2, 0.25) is 0 Å². The molecule has 1 fully saturated rings. The van der Waals surface area contributed by atoms with Crippen LogP contribution in [0.5, 0.6) is 0 Å². The summed E-state index contributed by atoms with van der Waals surface area (Å²) in [6.07, 6.45) is 2.82. The molecule has 1 aliphatic heterocycles. The van der Waals surface area contributed by atoms with Gasteiger partial charge in [-0.2, -0.15) is 0 Å². The molecule has 20 heavy (non-hydrogen) atoms. The van der Waals surface area contributed by atoms with Crippen molar-refractivity contribution in [3.63, 3.8) is 0 Å². The van der Waals surface area contributed by atoms with Crippen LogP contribution in [0.3, 0.4) is 0 Å². The molecule has 0 unspecified atom stereocenters. The second-order valence-corrected chi connectivity index (χ2v) is 6.20. The van der Waals surface area contributed by atoms with Gasteiger partial charge >= 0.3 is 0 Å². The maximum absolute atomic E-state index is 12.0. The Morgan fingerprint density at radius 1 is 1.30 bits per heavy atom. The first-order valence-corrected chi connectivity index (χ1v) is 7.58. The maximum Gasteiger partial charge on any atom is 0.222 e. The Hall–Kier alpha value is -1.35. The van der Waals surface area contributed by atoms with Gasteiger partial charge in [0.1, 0.15) is 0 Å². The molecule has 0 spiro atoms. The molecule has 0 radical (unpaired) electrons. The lowest BCUT2D eigenvalue weighted by Gasteiger charge is -2.15. The van der Waals surface area contributed by atoms with Crippen molar-refractivity contribution in [3.8, 4) is 0 Å². The number of aliphatic hydroxyl groups is 1. The van der Waals surface area contributed by atoms with Gasteiger partial charge in [0.15, 0.2) is 0 Å². The third kappa shape index (κ3) is 4.34. The highest BCUT2D eigenvalue weighted by molar-refractivity contribution is 5.76. The van der Waals surface area contributed by atoms with Gasteiger partial charge in [0, 0.05) is 19.5 Å². The largest absolute Gasteiger partial charge is 0.391 e. The number of hydrogen-bond donors (Lipinski definition) is 1. The highest BCUT2D eigenvalue weighted by atomic mass is 16.3. The third-order valence-electron chi connectivity index (χ3n) is 3.81. The molecule has 1 saturated heterocycles. The normalized spacial score (nSPS) is 18.8. The second kappa shape index (κ2) is 6.89. The summed E-state index contributed by atoms with van der Waals surface area (Å²) in [5.41, 5.74) is 2.57. The number of amides is 1. The number of aliphatic hydroxyl groups excluding tert-OH is 1. The highest BCUT2D eigenvalue weighted by Crippen LogP contribution is 2.14. The summed E-state index contributed by atoms with van der Waals surface area (Å²) in [7, 11) is 0. The fourth-order valence-corrected chi connectivity index (χ4v) is 2.69.